The molecule has 0 bridgehead atoms. The number of carbonyl (C=O) groups is 1. The highest BCUT2D eigenvalue weighted by Crippen LogP contribution is 2.39. The Bertz CT molecular complexity index is 1050. The Kier molecular flexibility index (Phi) is 3.79. The van der Waals surface area contributed by atoms with Crippen LogP contribution in [0.15, 0.2) is 36.4 Å². The van der Waals surface area contributed by atoms with Crippen LogP contribution in [-0.4, -0.2) is 24.5 Å². The number of nitrogens with zero attached hydrogens (tertiary/aromatic N) is 1. The van der Waals surface area contributed by atoms with Gasteiger partial charge in [-0.2, -0.15) is 0 Å². The highest BCUT2D eigenvalue weighted by atomic mass is 19.2. The van der Waals surface area contributed by atoms with Crippen molar-refractivity contribution >= 4 is 22.5 Å². The molecule has 4 nitrogen and oxygen atoms in total. The number of hydrogen-bond acceptors (Lipinski definition) is 3. The maximum absolute atomic E-state index is 13.9. The third-order valence-corrected chi connectivity index (χ3v) is 4.63. The fourth-order valence-electron chi connectivity index (χ4n) is 3.34. The molecule has 26 heavy (non-hydrogen) atoms. The average molecular weight is 357 g/mol. The minimum absolute atomic E-state index is 0.0325. The van der Waals surface area contributed by atoms with Crippen LogP contribution in [0.3, 0.4) is 0 Å². The quantitative estimate of drug-likeness (QED) is 0.690. The molecule has 0 saturated carbocycles. The maximum Gasteiger partial charge on any atom is 0.251 e. The van der Waals surface area contributed by atoms with Crippen LogP contribution in [-0.2, 0) is 0 Å². The number of fused-ring (bicyclic) bond motifs is 2. The molecule has 0 saturated heterocycles. The minimum Gasteiger partial charge on any atom is -0.381 e. The van der Waals surface area contributed by atoms with Gasteiger partial charge in [0.25, 0.3) is 5.91 Å². The van der Waals surface area contributed by atoms with E-state index in [1.54, 1.807) is 37.4 Å². The van der Waals surface area contributed by atoms with E-state index in [9.17, 15) is 18.0 Å². The number of nitrogens with one attached hydrogen (secondary N) is 2. The first-order chi connectivity index (χ1) is 12.5. The number of halogens is 3. The Morgan fingerprint density at radius 3 is 2.77 bits per heavy atom. The molecule has 2 aromatic carbocycles. The summed E-state index contributed by atoms with van der Waals surface area (Å²) in [4.78, 5) is 16.5. The van der Waals surface area contributed by atoms with Crippen molar-refractivity contribution in [2.24, 2.45) is 0 Å². The fourth-order valence-corrected chi connectivity index (χ4v) is 3.34. The molecule has 3 aromatic rings. The van der Waals surface area contributed by atoms with E-state index in [0.29, 0.717) is 27.7 Å². The predicted molar refractivity (Wildman–Crippen MR) is 91.8 cm³/mol. The lowest BCUT2D eigenvalue weighted by Gasteiger charge is -2.12. The molecule has 2 N–H and O–H groups in total. The number of hydrogen-bond donors (Lipinski definition) is 2. The van der Waals surface area contributed by atoms with Crippen LogP contribution in [0.1, 0.15) is 27.5 Å². The number of anilines is 1. The summed E-state index contributed by atoms with van der Waals surface area (Å²) in [6.45, 7) is 0.281. The van der Waals surface area contributed by atoms with Gasteiger partial charge in [0.2, 0.25) is 0 Å². The minimum atomic E-state index is -1.49. The summed E-state index contributed by atoms with van der Waals surface area (Å²) in [7, 11) is 1.55. The largest absolute Gasteiger partial charge is 0.381 e. The molecule has 7 heteroatoms. The van der Waals surface area contributed by atoms with Crippen molar-refractivity contribution in [3.63, 3.8) is 0 Å². The number of benzene rings is 2. The van der Waals surface area contributed by atoms with Gasteiger partial charge in [-0.25, -0.2) is 13.2 Å². The van der Waals surface area contributed by atoms with Crippen molar-refractivity contribution in [3.8, 4) is 0 Å². The zero-order valence-corrected chi connectivity index (χ0v) is 13.7. The smallest absolute Gasteiger partial charge is 0.251 e. The molecule has 0 fully saturated rings. The van der Waals surface area contributed by atoms with Crippen molar-refractivity contribution in [2.75, 3.05) is 18.9 Å². The van der Waals surface area contributed by atoms with Gasteiger partial charge in [0, 0.05) is 30.5 Å². The van der Waals surface area contributed by atoms with Gasteiger partial charge in [0.1, 0.15) is 0 Å². The van der Waals surface area contributed by atoms with Crippen LogP contribution < -0.4 is 10.6 Å². The van der Waals surface area contributed by atoms with Crippen molar-refractivity contribution in [1.82, 2.24) is 10.3 Å². The number of amides is 1. The van der Waals surface area contributed by atoms with E-state index in [0.717, 1.165) is 6.07 Å². The topological polar surface area (TPSA) is 54.0 Å². The standard InChI is InChI=1S/C19H14F3N3O/c1-23-19(26)10-3-2-4-14-9(10)5-6-15(25-14)12-8-24-18-11(12)7-13(20)16(21)17(18)22/h2-7,12,24H,8H2,1H3,(H,23,26). The molecule has 1 aliphatic rings. The van der Waals surface area contributed by atoms with Gasteiger partial charge in [0.15, 0.2) is 17.5 Å². The second kappa shape index (κ2) is 6.01. The summed E-state index contributed by atoms with van der Waals surface area (Å²) in [5.41, 5.74) is 1.97. The van der Waals surface area contributed by atoms with Crippen molar-refractivity contribution in [3.05, 3.63) is 70.7 Å². The molecule has 1 aliphatic heterocycles. The van der Waals surface area contributed by atoms with Crippen LogP contribution in [0.4, 0.5) is 18.9 Å². The Labute approximate surface area is 147 Å². The first-order valence-corrected chi connectivity index (χ1v) is 8.04. The zero-order valence-electron chi connectivity index (χ0n) is 13.7. The number of pyridine rings is 1. The molecule has 0 radical (unpaired) electrons. The van der Waals surface area contributed by atoms with E-state index < -0.39 is 23.4 Å². The van der Waals surface area contributed by atoms with E-state index >= 15 is 0 Å². The maximum atomic E-state index is 13.9. The highest BCUT2D eigenvalue weighted by molar-refractivity contribution is 6.06. The number of carbonyl (C=O) groups excluding carboxylic acids is 1. The second-order valence-corrected chi connectivity index (χ2v) is 6.07. The van der Waals surface area contributed by atoms with Gasteiger partial charge < -0.3 is 10.6 Å². The van der Waals surface area contributed by atoms with Crippen molar-refractivity contribution in [1.29, 1.82) is 0 Å². The van der Waals surface area contributed by atoms with Crippen LogP contribution in [0, 0.1) is 17.5 Å². The van der Waals surface area contributed by atoms with Gasteiger partial charge in [0.05, 0.1) is 16.9 Å². The first-order valence-electron chi connectivity index (χ1n) is 8.04. The molecule has 132 valence electrons. The molecule has 2 heterocycles. The Balaban J connectivity index is 1.82. The summed E-state index contributed by atoms with van der Waals surface area (Å²) in [5.74, 6) is -4.57. The van der Waals surface area contributed by atoms with E-state index in [1.165, 1.54) is 0 Å². The molecule has 1 amide bonds. The molecular formula is C19H14F3N3O. The average Bonchev–Trinajstić information content (AvgIpc) is 3.08. The summed E-state index contributed by atoms with van der Waals surface area (Å²) >= 11 is 0. The monoisotopic (exact) mass is 357 g/mol. The van der Waals surface area contributed by atoms with Gasteiger partial charge in [-0.3, -0.25) is 9.78 Å². The normalized spacial score (nSPS) is 15.6. The lowest BCUT2D eigenvalue weighted by molar-refractivity contribution is 0.0964. The SMILES string of the molecule is CNC(=O)c1cccc2nc(C3CNc4c3cc(F)c(F)c4F)ccc12. The molecule has 1 atom stereocenters. The number of aromatic nitrogens is 1. The molecule has 1 unspecified atom stereocenters. The third kappa shape index (κ3) is 2.39. The van der Waals surface area contributed by atoms with E-state index in [4.69, 9.17) is 0 Å². The summed E-state index contributed by atoms with van der Waals surface area (Å²) in [5, 5.41) is 6.04. The zero-order chi connectivity index (χ0) is 18.4. The first kappa shape index (κ1) is 16.4. The molecule has 0 spiro atoms. The van der Waals surface area contributed by atoms with Crippen LogP contribution in [0.25, 0.3) is 10.9 Å². The highest BCUT2D eigenvalue weighted by Gasteiger charge is 2.31. The third-order valence-electron chi connectivity index (χ3n) is 4.63. The lowest BCUT2D eigenvalue weighted by atomic mass is 9.95. The van der Waals surface area contributed by atoms with E-state index in [2.05, 4.69) is 15.6 Å². The lowest BCUT2D eigenvalue weighted by Crippen LogP contribution is -2.18. The van der Waals surface area contributed by atoms with Gasteiger partial charge in [-0.15, -0.1) is 0 Å². The molecule has 4 rings (SSSR count). The van der Waals surface area contributed by atoms with Crippen LogP contribution in [0.2, 0.25) is 0 Å². The van der Waals surface area contributed by atoms with Crippen LogP contribution >= 0.6 is 0 Å². The van der Waals surface area contributed by atoms with Crippen molar-refractivity contribution in [2.45, 2.75) is 5.92 Å². The summed E-state index contributed by atoms with van der Waals surface area (Å²) in [6, 6.07) is 9.67. The van der Waals surface area contributed by atoms with E-state index in [-0.39, 0.29) is 18.1 Å². The van der Waals surface area contributed by atoms with Gasteiger partial charge >= 0.3 is 0 Å². The van der Waals surface area contributed by atoms with Crippen molar-refractivity contribution < 1.29 is 18.0 Å². The van der Waals surface area contributed by atoms with Crippen LogP contribution in [0.5, 0.6) is 0 Å². The Morgan fingerprint density at radius 1 is 1.19 bits per heavy atom. The molecular weight excluding hydrogens is 343 g/mol. The van der Waals surface area contributed by atoms with E-state index in [1.807, 2.05) is 0 Å². The Hall–Kier alpha value is -3.09. The van der Waals surface area contributed by atoms with Gasteiger partial charge in [-0.05, 0) is 29.8 Å². The fraction of sp³-hybridized carbons (Fsp3) is 0.158. The molecule has 1 aromatic heterocycles. The Morgan fingerprint density at radius 2 is 2.00 bits per heavy atom. The second-order valence-electron chi connectivity index (χ2n) is 6.07. The van der Waals surface area contributed by atoms with Gasteiger partial charge in [-0.1, -0.05) is 12.1 Å². The predicted octanol–water partition coefficient (Wildman–Crippen LogP) is 3.57. The number of rotatable bonds is 2. The summed E-state index contributed by atoms with van der Waals surface area (Å²) in [6.07, 6.45) is 0. The summed E-state index contributed by atoms with van der Waals surface area (Å²) < 4.78 is 41.0. The molecule has 0 aliphatic carbocycles.